The molecule has 0 spiro atoms. The van der Waals surface area contributed by atoms with Crippen LogP contribution in [0.15, 0.2) is 34.1 Å². The van der Waals surface area contributed by atoms with E-state index in [2.05, 4.69) is 10.3 Å². The maximum Gasteiger partial charge on any atom is 0.287 e. The van der Waals surface area contributed by atoms with Crippen molar-refractivity contribution in [3.63, 3.8) is 0 Å². The Morgan fingerprint density at radius 1 is 1.60 bits per heavy atom. The number of aromatic nitrogens is 2. The van der Waals surface area contributed by atoms with Crippen molar-refractivity contribution in [2.75, 3.05) is 6.54 Å². The van der Waals surface area contributed by atoms with E-state index in [1.165, 1.54) is 11.8 Å². The van der Waals surface area contributed by atoms with Gasteiger partial charge in [-0.05, 0) is 19.1 Å². The van der Waals surface area contributed by atoms with Crippen LogP contribution in [0, 0.1) is 0 Å². The molecule has 2 aromatic heterocycles. The standard InChI is InChI=1S/C13H17N3O3S/c1-9(17)7-15-12(18)11-4-3-10(19-11)8-20-13-14-5-6-16(13)2/h3-6,9,17H,7-8H2,1-2H3,(H,15,18). The highest BCUT2D eigenvalue weighted by Crippen LogP contribution is 2.21. The molecule has 0 aliphatic heterocycles. The van der Waals surface area contributed by atoms with Gasteiger partial charge in [-0.1, -0.05) is 11.8 Å². The molecule has 2 rings (SSSR count). The summed E-state index contributed by atoms with van der Waals surface area (Å²) in [6, 6.07) is 3.40. The first-order chi connectivity index (χ1) is 9.56. The van der Waals surface area contributed by atoms with Crippen molar-refractivity contribution in [1.29, 1.82) is 0 Å². The maximum absolute atomic E-state index is 11.7. The molecule has 2 N–H and O–H groups in total. The van der Waals surface area contributed by atoms with E-state index in [9.17, 15) is 4.79 Å². The molecule has 108 valence electrons. The van der Waals surface area contributed by atoms with E-state index in [-0.39, 0.29) is 18.2 Å². The molecule has 2 heterocycles. The molecule has 0 aromatic carbocycles. The molecule has 0 bridgehead atoms. The summed E-state index contributed by atoms with van der Waals surface area (Å²) in [6.45, 7) is 1.81. The molecule has 2 aromatic rings. The topological polar surface area (TPSA) is 80.3 Å². The van der Waals surface area contributed by atoms with Crippen LogP contribution in [0.3, 0.4) is 0 Å². The minimum Gasteiger partial charge on any atom is -0.455 e. The number of amides is 1. The van der Waals surface area contributed by atoms with Crippen molar-refractivity contribution in [1.82, 2.24) is 14.9 Å². The molecular formula is C13H17N3O3S. The quantitative estimate of drug-likeness (QED) is 0.788. The number of aryl methyl sites for hydroxylation is 1. The molecule has 0 fully saturated rings. The van der Waals surface area contributed by atoms with Crippen molar-refractivity contribution >= 4 is 17.7 Å². The first-order valence-electron chi connectivity index (χ1n) is 6.21. The van der Waals surface area contributed by atoms with E-state index in [0.29, 0.717) is 11.5 Å². The molecule has 0 saturated carbocycles. The van der Waals surface area contributed by atoms with Gasteiger partial charge in [-0.2, -0.15) is 0 Å². The Morgan fingerprint density at radius 3 is 3.05 bits per heavy atom. The zero-order chi connectivity index (χ0) is 14.5. The monoisotopic (exact) mass is 295 g/mol. The number of hydrogen-bond donors (Lipinski definition) is 2. The highest BCUT2D eigenvalue weighted by Gasteiger charge is 2.12. The number of thioether (sulfide) groups is 1. The zero-order valence-electron chi connectivity index (χ0n) is 11.4. The summed E-state index contributed by atoms with van der Waals surface area (Å²) in [5, 5.41) is 12.6. The molecule has 0 radical (unpaired) electrons. The van der Waals surface area contributed by atoms with Crippen LogP contribution in [-0.4, -0.2) is 33.2 Å². The van der Waals surface area contributed by atoms with Gasteiger partial charge < -0.3 is 19.4 Å². The van der Waals surface area contributed by atoms with Gasteiger partial charge in [0.15, 0.2) is 10.9 Å². The Hall–Kier alpha value is -1.73. The molecular weight excluding hydrogens is 278 g/mol. The molecule has 0 aliphatic carbocycles. The van der Waals surface area contributed by atoms with Gasteiger partial charge in [-0.15, -0.1) is 0 Å². The Morgan fingerprint density at radius 2 is 2.40 bits per heavy atom. The highest BCUT2D eigenvalue weighted by molar-refractivity contribution is 7.98. The highest BCUT2D eigenvalue weighted by atomic mass is 32.2. The van der Waals surface area contributed by atoms with E-state index in [1.807, 2.05) is 17.8 Å². The third-order valence-corrected chi connectivity index (χ3v) is 3.64. The maximum atomic E-state index is 11.7. The third kappa shape index (κ3) is 3.88. The lowest BCUT2D eigenvalue weighted by atomic mass is 10.3. The van der Waals surface area contributed by atoms with Crippen molar-refractivity contribution < 1.29 is 14.3 Å². The van der Waals surface area contributed by atoms with E-state index in [1.54, 1.807) is 25.3 Å². The lowest BCUT2D eigenvalue weighted by Gasteiger charge is -2.04. The number of aliphatic hydroxyl groups excluding tert-OH is 1. The molecule has 20 heavy (non-hydrogen) atoms. The Balaban J connectivity index is 1.89. The predicted molar refractivity (Wildman–Crippen MR) is 75.5 cm³/mol. The molecule has 0 saturated heterocycles. The van der Waals surface area contributed by atoms with E-state index in [4.69, 9.17) is 9.52 Å². The lowest BCUT2D eigenvalue weighted by molar-refractivity contribution is 0.0895. The first kappa shape index (κ1) is 14.7. The fraction of sp³-hybridized carbons (Fsp3) is 0.385. The van der Waals surface area contributed by atoms with Crippen LogP contribution in [0.4, 0.5) is 0 Å². The smallest absolute Gasteiger partial charge is 0.287 e. The van der Waals surface area contributed by atoms with Crippen LogP contribution in [0.2, 0.25) is 0 Å². The predicted octanol–water partition coefficient (Wildman–Crippen LogP) is 1.42. The Labute approximate surface area is 121 Å². The normalized spacial score (nSPS) is 12.3. The number of nitrogens with zero attached hydrogens (tertiary/aromatic N) is 2. The van der Waals surface area contributed by atoms with Gasteiger partial charge in [-0.3, -0.25) is 4.79 Å². The molecule has 1 amide bonds. The van der Waals surface area contributed by atoms with Crippen molar-refractivity contribution in [3.05, 3.63) is 36.0 Å². The summed E-state index contributed by atoms with van der Waals surface area (Å²) in [5.74, 6) is 1.24. The first-order valence-corrected chi connectivity index (χ1v) is 7.20. The van der Waals surface area contributed by atoms with E-state index < -0.39 is 6.10 Å². The number of furan rings is 1. The van der Waals surface area contributed by atoms with Crippen LogP contribution in [0.5, 0.6) is 0 Å². The lowest BCUT2D eigenvalue weighted by Crippen LogP contribution is -2.30. The second-order valence-corrected chi connectivity index (χ2v) is 5.38. The summed E-state index contributed by atoms with van der Waals surface area (Å²) in [6.07, 6.45) is 3.03. The second kappa shape index (κ2) is 6.62. The number of carbonyl (C=O) groups excluding carboxylic acids is 1. The average Bonchev–Trinajstić information content (AvgIpc) is 3.02. The Bertz CT molecular complexity index is 577. The van der Waals surface area contributed by atoms with Crippen LogP contribution in [-0.2, 0) is 12.8 Å². The fourth-order valence-corrected chi connectivity index (χ4v) is 2.36. The largest absolute Gasteiger partial charge is 0.455 e. The molecule has 6 nitrogen and oxygen atoms in total. The minimum atomic E-state index is -0.577. The van der Waals surface area contributed by atoms with Gasteiger partial charge in [0, 0.05) is 26.0 Å². The SMILES string of the molecule is CC(O)CNC(=O)c1ccc(CSc2nccn2C)o1. The van der Waals surface area contributed by atoms with Gasteiger partial charge in [0.1, 0.15) is 5.76 Å². The summed E-state index contributed by atoms with van der Waals surface area (Å²) in [7, 11) is 1.92. The van der Waals surface area contributed by atoms with Gasteiger partial charge in [0.25, 0.3) is 5.91 Å². The van der Waals surface area contributed by atoms with Crippen molar-refractivity contribution in [3.8, 4) is 0 Å². The average molecular weight is 295 g/mol. The number of imidazole rings is 1. The summed E-state index contributed by atoms with van der Waals surface area (Å²) >= 11 is 1.54. The summed E-state index contributed by atoms with van der Waals surface area (Å²) in [4.78, 5) is 15.9. The molecule has 1 atom stereocenters. The number of rotatable bonds is 6. The van der Waals surface area contributed by atoms with Crippen LogP contribution in [0.25, 0.3) is 0 Å². The number of carbonyl (C=O) groups is 1. The zero-order valence-corrected chi connectivity index (χ0v) is 12.2. The van der Waals surface area contributed by atoms with Gasteiger partial charge >= 0.3 is 0 Å². The summed E-state index contributed by atoms with van der Waals surface area (Å²) in [5.41, 5.74) is 0. The van der Waals surface area contributed by atoms with Gasteiger partial charge in [0.2, 0.25) is 0 Å². The second-order valence-electron chi connectivity index (χ2n) is 4.43. The Kier molecular flexibility index (Phi) is 4.86. The van der Waals surface area contributed by atoms with Crippen LogP contribution >= 0.6 is 11.8 Å². The summed E-state index contributed by atoms with van der Waals surface area (Å²) < 4.78 is 7.38. The number of aliphatic hydroxyl groups is 1. The number of nitrogens with one attached hydrogen (secondary N) is 1. The van der Waals surface area contributed by atoms with Gasteiger partial charge in [-0.25, -0.2) is 4.98 Å². The van der Waals surface area contributed by atoms with Crippen molar-refractivity contribution in [2.45, 2.75) is 23.9 Å². The van der Waals surface area contributed by atoms with E-state index in [0.717, 1.165) is 5.16 Å². The number of hydrogen-bond acceptors (Lipinski definition) is 5. The van der Waals surface area contributed by atoms with Gasteiger partial charge in [0.05, 0.1) is 11.9 Å². The third-order valence-electron chi connectivity index (χ3n) is 2.56. The van der Waals surface area contributed by atoms with Crippen LogP contribution < -0.4 is 5.32 Å². The van der Waals surface area contributed by atoms with Crippen LogP contribution in [0.1, 0.15) is 23.2 Å². The van der Waals surface area contributed by atoms with Crippen molar-refractivity contribution in [2.24, 2.45) is 7.05 Å². The van der Waals surface area contributed by atoms with E-state index >= 15 is 0 Å². The fourth-order valence-electron chi connectivity index (χ4n) is 1.53. The molecule has 7 heteroatoms. The molecule has 0 aliphatic rings. The molecule has 1 unspecified atom stereocenters. The minimum absolute atomic E-state index is 0.205.